The van der Waals surface area contributed by atoms with Gasteiger partial charge in [-0.15, -0.1) is 0 Å². The fraction of sp³-hybridized carbons (Fsp3) is 0.667. The largest absolute Gasteiger partial charge is 0.454 e. The molecule has 0 amide bonds. The van der Waals surface area contributed by atoms with Crippen molar-refractivity contribution in [3.8, 4) is 0 Å². The molecule has 0 unspecified atom stereocenters. The Labute approximate surface area is 67.2 Å². The zero-order valence-electron chi connectivity index (χ0n) is 7.47. The molecule has 1 aliphatic rings. The van der Waals surface area contributed by atoms with E-state index >= 15 is 0 Å². The second kappa shape index (κ2) is 2.36. The first-order chi connectivity index (χ1) is 4.91. The van der Waals surface area contributed by atoms with Crippen LogP contribution in [0.1, 0.15) is 27.7 Å². The molecule has 1 heterocycles. The fourth-order valence-electron chi connectivity index (χ4n) is 0.964. The summed E-state index contributed by atoms with van der Waals surface area (Å²) >= 11 is 0. The topological polar surface area (TPSA) is 26.3 Å². The molecule has 0 aromatic heterocycles. The van der Waals surface area contributed by atoms with Gasteiger partial charge in [-0.1, -0.05) is 20.8 Å². The Morgan fingerprint density at radius 1 is 1.45 bits per heavy atom. The van der Waals surface area contributed by atoms with Gasteiger partial charge in [0.1, 0.15) is 6.10 Å². The number of carbonyl (C=O) groups is 1. The van der Waals surface area contributed by atoms with Crippen LogP contribution in [-0.4, -0.2) is 12.1 Å². The lowest BCUT2D eigenvalue weighted by Gasteiger charge is -2.23. The summed E-state index contributed by atoms with van der Waals surface area (Å²) in [6, 6.07) is 0. The third-order valence-corrected chi connectivity index (χ3v) is 1.81. The first kappa shape index (κ1) is 8.31. The van der Waals surface area contributed by atoms with Crippen LogP contribution in [0.5, 0.6) is 0 Å². The molecule has 0 N–H and O–H groups in total. The molecule has 2 nitrogen and oxygen atoms in total. The summed E-state index contributed by atoms with van der Waals surface area (Å²) in [5.74, 6) is -0.176. The molecule has 0 aliphatic carbocycles. The first-order valence-electron chi connectivity index (χ1n) is 3.80. The van der Waals surface area contributed by atoms with Crippen LogP contribution in [0, 0.1) is 5.41 Å². The second-order valence-corrected chi connectivity index (χ2v) is 4.04. The average Bonchev–Trinajstić information content (AvgIpc) is 2.11. The highest BCUT2D eigenvalue weighted by atomic mass is 16.5. The molecule has 0 saturated heterocycles. The number of esters is 1. The van der Waals surface area contributed by atoms with Crippen molar-refractivity contribution in [3.05, 3.63) is 11.6 Å². The Kier molecular flexibility index (Phi) is 1.78. The van der Waals surface area contributed by atoms with E-state index in [1.54, 1.807) is 6.92 Å². The van der Waals surface area contributed by atoms with Crippen LogP contribution < -0.4 is 0 Å². The summed E-state index contributed by atoms with van der Waals surface area (Å²) in [6.07, 6.45) is 1.84. The van der Waals surface area contributed by atoms with Crippen molar-refractivity contribution in [1.29, 1.82) is 0 Å². The van der Waals surface area contributed by atoms with E-state index < -0.39 is 0 Å². The minimum absolute atomic E-state index is 0.0212. The molecular formula is C9H14O2. The highest BCUT2D eigenvalue weighted by molar-refractivity contribution is 5.90. The van der Waals surface area contributed by atoms with Crippen LogP contribution in [0.4, 0.5) is 0 Å². The van der Waals surface area contributed by atoms with Crippen LogP contribution in [0.25, 0.3) is 0 Å². The lowest BCUT2D eigenvalue weighted by atomic mass is 9.89. The molecule has 0 saturated carbocycles. The first-order valence-corrected chi connectivity index (χ1v) is 3.80. The van der Waals surface area contributed by atoms with Gasteiger partial charge in [0.05, 0.1) is 0 Å². The minimum Gasteiger partial charge on any atom is -0.454 e. The van der Waals surface area contributed by atoms with Gasteiger partial charge >= 0.3 is 5.97 Å². The Morgan fingerprint density at radius 2 is 2.00 bits per heavy atom. The predicted octanol–water partition coefficient (Wildman–Crippen LogP) is 1.90. The maximum atomic E-state index is 10.9. The van der Waals surface area contributed by atoms with Crippen molar-refractivity contribution >= 4 is 5.97 Å². The molecule has 0 fully saturated rings. The third-order valence-electron chi connectivity index (χ3n) is 1.81. The summed E-state index contributed by atoms with van der Waals surface area (Å²) in [5, 5.41) is 0. The average molecular weight is 154 g/mol. The van der Waals surface area contributed by atoms with Gasteiger partial charge in [-0.25, -0.2) is 4.79 Å². The van der Waals surface area contributed by atoms with E-state index in [0.717, 1.165) is 5.57 Å². The Morgan fingerprint density at radius 3 is 2.18 bits per heavy atom. The summed E-state index contributed by atoms with van der Waals surface area (Å²) in [4.78, 5) is 10.9. The normalized spacial score (nSPS) is 24.9. The van der Waals surface area contributed by atoms with Crippen LogP contribution in [0.15, 0.2) is 11.6 Å². The van der Waals surface area contributed by atoms with Gasteiger partial charge < -0.3 is 4.74 Å². The summed E-state index contributed by atoms with van der Waals surface area (Å²) in [5.41, 5.74) is 0.748. The standard InChI is InChI=1S/C9H14O2/c1-6-5-7(9(2,3)4)11-8(6)10/h5,7H,1-4H3/t7-/m0/s1. The number of hydrogen-bond acceptors (Lipinski definition) is 2. The van der Waals surface area contributed by atoms with Gasteiger partial charge in [-0.3, -0.25) is 0 Å². The maximum absolute atomic E-state index is 10.9. The van der Waals surface area contributed by atoms with Crippen LogP contribution in [0.2, 0.25) is 0 Å². The van der Waals surface area contributed by atoms with Gasteiger partial charge in [0.15, 0.2) is 0 Å². The molecule has 1 atom stereocenters. The second-order valence-electron chi connectivity index (χ2n) is 4.04. The summed E-state index contributed by atoms with van der Waals surface area (Å²) < 4.78 is 5.11. The van der Waals surface area contributed by atoms with E-state index in [9.17, 15) is 4.79 Å². The van der Waals surface area contributed by atoms with E-state index in [0.29, 0.717) is 0 Å². The van der Waals surface area contributed by atoms with Crippen LogP contribution in [0.3, 0.4) is 0 Å². The number of rotatable bonds is 0. The SMILES string of the molecule is CC1=C[C@@H](C(C)(C)C)OC1=O. The smallest absolute Gasteiger partial charge is 0.334 e. The van der Waals surface area contributed by atoms with Crippen molar-refractivity contribution in [2.45, 2.75) is 33.8 Å². The van der Waals surface area contributed by atoms with E-state index in [1.807, 2.05) is 6.08 Å². The highest BCUT2D eigenvalue weighted by Gasteiger charge is 2.31. The molecule has 0 aromatic carbocycles. The molecule has 0 bridgehead atoms. The van der Waals surface area contributed by atoms with E-state index in [1.165, 1.54) is 0 Å². The van der Waals surface area contributed by atoms with Crippen LogP contribution in [-0.2, 0) is 9.53 Å². The van der Waals surface area contributed by atoms with Gasteiger partial charge in [0.25, 0.3) is 0 Å². The molecule has 1 rings (SSSR count). The summed E-state index contributed by atoms with van der Waals surface area (Å²) in [7, 11) is 0. The Bertz CT molecular complexity index is 208. The van der Waals surface area contributed by atoms with Crippen molar-refractivity contribution in [2.24, 2.45) is 5.41 Å². The lowest BCUT2D eigenvalue weighted by molar-refractivity contribution is -0.143. The molecule has 0 aromatic rings. The minimum atomic E-state index is -0.176. The number of cyclic esters (lactones) is 1. The maximum Gasteiger partial charge on any atom is 0.334 e. The third kappa shape index (κ3) is 1.62. The number of hydrogen-bond donors (Lipinski definition) is 0. The van der Waals surface area contributed by atoms with Gasteiger partial charge in [-0.05, 0) is 13.0 Å². The highest BCUT2D eigenvalue weighted by Crippen LogP contribution is 2.28. The van der Waals surface area contributed by atoms with Crippen molar-refractivity contribution in [3.63, 3.8) is 0 Å². The van der Waals surface area contributed by atoms with E-state index in [2.05, 4.69) is 20.8 Å². The fourth-order valence-corrected chi connectivity index (χ4v) is 0.964. The quantitative estimate of drug-likeness (QED) is 0.498. The van der Waals surface area contributed by atoms with Crippen molar-refractivity contribution in [1.82, 2.24) is 0 Å². The van der Waals surface area contributed by atoms with Gasteiger partial charge in [0.2, 0.25) is 0 Å². The Balaban J connectivity index is 2.76. The molecule has 11 heavy (non-hydrogen) atoms. The summed E-state index contributed by atoms with van der Waals surface area (Å²) in [6.45, 7) is 7.95. The molecule has 0 spiro atoms. The molecule has 1 aliphatic heterocycles. The lowest BCUT2D eigenvalue weighted by Crippen LogP contribution is -2.25. The monoisotopic (exact) mass is 154 g/mol. The molecule has 2 heteroatoms. The van der Waals surface area contributed by atoms with Crippen molar-refractivity contribution in [2.75, 3.05) is 0 Å². The number of ether oxygens (including phenoxy) is 1. The zero-order chi connectivity index (χ0) is 8.65. The predicted molar refractivity (Wildman–Crippen MR) is 43.1 cm³/mol. The zero-order valence-corrected chi connectivity index (χ0v) is 7.47. The van der Waals surface area contributed by atoms with E-state index in [-0.39, 0.29) is 17.5 Å². The van der Waals surface area contributed by atoms with Crippen molar-refractivity contribution < 1.29 is 9.53 Å². The van der Waals surface area contributed by atoms with Gasteiger partial charge in [0, 0.05) is 11.0 Å². The molecular weight excluding hydrogens is 140 g/mol. The number of carbonyl (C=O) groups excluding carboxylic acids is 1. The van der Waals surface area contributed by atoms with Gasteiger partial charge in [-0.2, -0.15) is 0 Å². The van der Waals surface area contributed by atoms with Crippen LogP contribution >= 0.6 is 0 Å². The molecule has 62 valence electrons. The Hall–Kier alpha value is -0.790. The molecule has 0 radical (unpaired) electrons. The van der Waals surface area contributed by atoms with E-state index in [4.69, 9.17) is 4.74 Å².